The maximum absolute atomic E-state index is 12.1. The number of para-hydroxylation sites is 1. The molecule has 2 aromatic rings. The van der Waals surface area contributed by atoms with Crippen molar-refractivity contribution in [1.29, 1.82) is 0 Å². The summed E-state index contributed by atoms with van der Waals surface area (Å²) in [7, 11) is 0. The van der Waals surface area contributed by atoms with E-state index in [-0.39, 0.29) is 5.91 Å². The van der Waals surface area contributed by atoms with Gasteiger partial charge in [0.05, 0.1) is 5.69 Å². The number of nitrogens with one attached hydrogen (secondary N) is 1. The molecule has 0 atom stereocenters. The standard InChI is InChI=1S/C14H13BrN2O/c1-9-8-10(16)6-7-11(9)14(18)17-13-5-3-2-4-12(13)15/h2-8H,16H2,1H3,(H,17,18). The molecule has 0 aliphatic heterocycles. The average molecular weight is 305 g/mol. The fourth-order valence-electron chi connectivity index (χ4n) is 1.69. The molecule has 0 aromatic heterocycles. The Morgan fingerprint density at radius 1 is 1.22 bits per heavy atom. The predicted molar refractivity (Wildman–Crippen MR) is 77.7 cm³/mol. The van der Waals surface area contributed by atoms with Crippen LogP contribution in [-0.4, -0.2) is 5.91 Å². The molecule has 2 rings (SSSR count). The minimum absolute atomic E-state index is 0.139. The summed E-state index contributed by atoms with van der Waals surface area (Å²) >= 11 is 3.39. The fraction of sp³-hybridized carbons (Fsp3) is 0.0714. The van der Waals surface area contributed by atoms with Gasteiger partial charge in [0, 0.05) is 15.7 Å². The Balaban J connectivity index is 2.25. The topological polar surface area (TPSA) is 55.1 Å². The molecule has 0 aliphatic carbocycles. The number of carbonyl (C=O) groups is 1. The molecule has 0 radical (unpaired) electrons. The van der Waals surface area contributed by atoms with Gasteiger partial charge in [0.2, 0.25) is 0 Å². The number of carbonyl (C=O) groups excluding carboxylic acids is 1. The largest absolute Gasteiger partial charge is 0.399 e. The summed E-state index contributed by atoms with van der Waals surface area (Å²) in [4.78, 5) is 12.1. The normalized spacial score (nSPS) is 10.1. The molecule has 92 valence electrons. The number of anilines is 2. The molecule has 0 bridgehead atoms. The smallest absolute Gasteiger partial charge is 0.255 e. The number of aryl methyl sites for hydroxylation is 1. The highest BCUT2D eigenvalue weighted by molar-refractivity contribution is 9.10. The highest BCUT2D eigenvalue weighted by Crippen LogP contribution is 2.22. The molecule has 0 aliphatic rings. The maximum Gasteiger partial charge on any atom is 0.255 e. The van der Waals surface area contributed by atoms with Crippen molar-refractivity contribution >= 4 is 33.2 Å². The molecule has 4 heteroatoms. The molecule has 0 saturated carbocycles. The average Bonchev–Trinajstić information content (AvgIpc) is 2.32. The van der Waals surface area contributed by atoms with Crippen LogP contribution in [0.2, 0.25) is 0 Å². The first-order valence-electron chi connectivity index (χ1n) is 5.50. The van der Waals surface area contributed by atoms with Gasteiger partial charge >= 0.3 is 0 Å². The number of hydrogen-bond acceptors (Lipinski definition) is 2. The number of rotatable bonds is 2. The van der Waals surface area contributed by atoms with Crippen LogP contribution in [0.25, 0.3) is 0 Å². The van der Waals surface area contributed by atoms with E-state index in [4.69, 9.17) is 5.73 Å². The van der Waals surface area contributed by atoms with Crippen LogP contribution in [0.5, 0.6) is 0 Å². The highest BCUT2D eigenvalue weighted by atomic mass is 79.9. The van der Waals surface area contributed by atoms with Gasteiger partial charge < -0.3 is 11.1 Å². The second kappa shape index (κ2) is 5.23. The van der Waals surface area contributed by atoms with Crippen LogP contribution in [0.4, 0.5) is 11.4 Å². The van der Waals surface area contributed by atoms with Gasteiger partial charge in [-0.2, -0.15) is 0 Å². The van der Waals surface area contributed by atoms with E-state index >= 15 is 0 Å². The zero-order valence-electron chi connectivity index (χ0n) is 9.91. The molecule has 18 heavy (non-hydrogen) atoms. The van der Waals surface area contributed by atoms with E-state index in [9.17, 15) is 4.79 Å². The number of benzene rings is 2. The van der Waals surface area contributed by atoms with Crippen LogP contribution < -0.4 is 11.1 Å². The molecule has 3 N–H and O–H groups in total. The quantitative estimate of drug-likeness (QED) is 0.833. The second-order valence-corrected chi connectivity index (χ2v) is 4.86. The maximum atomic E-state index is 12.1. The van der Waals surface area contributed by atoms with E-state index in [1.54, 1.807) is 18.2 Å². The summed E-state index contributed by atoms with van der Waals surface area (Å²) in [5.41, 5.74) is 8.56. The number of nitrogens with two attached hydrogens (primary N) is 1. The molecular formula is C14H13BrN2O. The minimum atomic E-state index is -0.139. The van der Waals surface area contributed by atoms with Crippen LogP contribution in [0, 0.1) is 6.92 Å². The van der Waals surface area contributed by atoms with Crippen molar-refractivity contribution in [3.63, 3.8) is 0 Å². The SMILES string of the molecule is Cc1cc(N)ccc1C(=O)Nc1ccccc1Br. The third kappa shape index (κ3) is 2.71. The Hall–Kier alpha value is -1.81. The highest BCUT2D eigenvalue weighted by Gasteiger charge is 2.10. The van der Waals surface area contributed by atoms with Gasteiger partial charge in [-0.25, -0.2) is 0 Å². The van der Waals surface area contributed by atoms with Gasteiger partial charge in [0.1, 0.15) is 0 Å². The van der Waals surface area contributed by atoms with Crippen LogP contribution in [0.3, 0.4) is 0 Å². The Kier molecular flexibility index (Phi) is 3.67. The van der Waals surface area contributed by atoms with E-state index < -0.39 is 0 Å². The van der Waals surface area contributed by atoms with Gasteiger partial charge in [0.15, 0.2) is 0 Å². The lowest BCUT2D eigenvalue weighted by atomic mass is 10.1. The van der Waals surface area contributed by atoms with Gasteiger partial charge in [-0.3, -0.25) is 4.79 Å². The van der Waals surface area contributed by atoms with Crippen molar-refractivity contribution < 1.29 is 4.79 Å². The molecule has 0 spiro atoms. The summed E-state index contributed by atoms with van der Waals surface area (Å²) in [5.74, 6) is -0.139. The molecule has 0 saturated heterocycles. The summed E-state index contributed by atoms with van der Waals surface area (Å²) in [6.45, 7) is 1.87. The van der Waals surface area contributed by atoms with Crippen molar-refractivity contribution in [2.24, 2.45) is 0 Å². The lowest BCUT2D eigenvalue weighted by molar-refractivity contribution is 0.102. The predicted octanol–water partition coefficient (Wildman–Crippen LogP) is 3.59. The molecule has 0 fully saturated rings. The monoisotopic (exact) mass is 304 g/mol. The first kappa shape index (κ1) is 12.6. The third-order valence-electron chi connectivity index (χ3n) is 2.62. The molecule has 2 aromatic carbocycles. The van der Waals surface area contributed by atoms with Crippen molar-refractivity contribution in [2.75, 3.05) is 11.1 Å². The summed E-state index contributed by atoms with van der Waals surface area (Å²) in [5, 5.41) is 2.86. The van der Waals surface area contributed by atoms with Crippen LogP contribution >= 0.6 is 15.9 Å². The Labute approximate surface area is 114 Å². The van der Waals surface area contributed by atoms with E-state index in [0.29, 0.717) is 11.3 Å². The Morgan fingerprint density at radius 3 is 2.61 bits per heavy atom. The molecule has 0 heterocycles. The Morgan fingerprint density at radius 2 is 1.94 bits per heavy atom. The van der Waals surface area contributed by atoms with Crippen molar-refractivity contribution in [1.82, 2.24) is 0 Å². The minimum Gasteiger partial charge on any atom is -0.399 e. The Bertz CT molecular complexity index is 596. The van der Waals surface area contributed by atoms with Crippen LogP contribution in [-0.2, 0) is 0 Å². The van der Waals surface area contributed by atoms with Crippen LogP contribution in [0.15, 0.2) is 46.9 Å². The van der Waals surface area contributed by atoms with Gasteiger partial charge in [-0.1, -0.05) is 12.1 Å². The molecular weight excluding hydrogens is 292 g/mol. The number of nitrogen functional groups attached to an aromatic ring is 1. The van der Waals surface area contributed by atoms with Gasteiger partial charge in [-0.05, 0) is 58.7 Å². The zero-order valence-corrected chi connectivity index (χ0v) is 11.5. The van der Waals surface area contributed by atoms with E-state index in [2.05, 4.69) is 21.2 Å². The number of halogens is 1. The molecule has 0 unspecified atom stereocenters. The first-order chi connectivity index (χ1) is 8.58. The lowest BCUT2D eigenvalue weighted by Crippen LogP contribution is -2.13. The first-order valence-corrected chi connectivity index (χ1v) is 6.29. The number of amides is 1. The van der Waals surface area contributed by atoms with Crippen molar-refractivity contribution in [3.05, 3.63) is 58.1 Å². The van der Waals surface area contributed by atoms with E-state index in [0.717, 1.165) is 15.7 Å². The van der Waals surface area contributed by atoms with Gasteiger partial charge in [0.25, 0.3) is 5.91 Å². The van der Waals surface area contributed by atoms with E-state index in [1.165, 1.54) is 0 Å². The summed E-state index contributed by atoms with van der Waals surface area (Å²) in [6, 6.07) is 12.7. The number of hydrogen-bond donors (Lipinski definition) is 2. The lowest BCUT2D eigenvalue weighted by Gasteiger charge is -2.09. The summed E-state index contributed by atoms with van der Waals surface area (Å²) in [6.07, 6.45) is 0. The summed E-state index contributed by atoms with van der Waals surface area (Å²) < 4.78 is 0.853. The second-order valence-electron chi connectivity index (χ2n) is 4.01. The third-order valence-corrected chi connectivity index (χ3v) is 3.31. The van der Waals surface area contributed by atoms with Crippen molar-refractivity contribution in [3.8, 4) is 0 Å². The van der Waals surface area contributed by atoms with E-state index in [1.807, 2.05) is 31.2 Å². The zero-order chi connectivity index (χ0) is 13.1. The van der Waals surface area contributed by atoms with Gasteiger partial charge in [-0.15, -0.1) is 0 Å². The van der Waals surface area contributed by atoms with Crippen LogP contribution in [0.1, 0.15) is 15.9 Å². The molecule has 1 amide bonds. The van der Waals surface area contributed by atoms with Crippen molar-refractivity contribution in [2.45, 2.75) is 6.92 Å². The molecule has 3 nitrogen and oxygen atoms in total. The fourth-order valence-corrected chi connectivity index (χ4v) is 2.08.